The summed E-state index contributed by atoms with van der Waals surface area (Å²) in [5.41, 5.74) is 0. The minimum Gasteiger partial charge on any atom is -0.0654 e. The summed E-state index contributed by atoms with van der Waals surface area (Å²) in [5, 5.41) is 0. The van der Waals surface area contributed by atoms with E-state index in [2.05, 4.69) is 13.8 Å². The zero-order valence-corrected chi connectivity index (χ0v) is 8.81. The molecule has 12 heavy (non-hydrogen) atoms. The van der Waals surface area contributed by atoms with Crippen LogP contribution in [-0.2, 0) is 0 Å². The van der Waals surface area contributed by atoms with Gasteiger partial charge in [-0.2, -0.15) is 0 Å². The zero-order chi connectivity index (χ0) is 8.81. The molecular formula is C12H24. The van der Waals surface area contributed by atoms with Crippen LogP contribution in [0.5, 0.6) is 0 Å². The molecule has 0 radical (unpaired) electrons. The van der Waals surface area contributed by atoms with E-state index < -0.39 is 0 Å². The third-order valence-electron chi connectivity index (χ3n) is 3.42. The molecule has 0 heterocycles. The quantitative estimate of drug-likeness (QED) is 0.548. The number of rotatable bonds is 3. The summed E-state index contributed by atoms with van der Waals surface area (Å²) in [7, 11) is 0. The Morgan fingerprint density at radius 1 is 1.00 bits per heavy atom. The highest BCUT2D eigenvalue weighted by Crippen LogP contribution is 2.31. The lowest BCUT2D eigenvalue weighted by molar-refractivity contribution is 0.348. The fraction of sp³-hybridized carbons (Fsp3) is 1.00. The highest BCUT2D eigenvalue weighted by atomic mass is 14.2. The molecule has 0 saturated heterocycles. The van der Waals surface area contributed by atoms with Crippen molar-refractivity contribution in [2.45, 2.75) is 65.2 Å². The van der Waals surface area contributed by atoms with Gasteiger partial charge < -0.3 is 0 Å². The first-order valence-corrected chi connectivity index (χ1v) is 5.86. The molecule has 72 valence electrons. The van der Waals surface area contributed by atoms with Crippen molar-refractivity contribution >= 4 is 0 Å². The van der Waals surface area contributed by atoms with Crippen LogP contribution < -0.4 is 0 Å². The Morgan fingerprint density at radius 2 is 1.67 bits per heavy atom. The Kier molecular flexibility index (Phi) is 4.72. The summed E-state index contributed by atoms with van der Waals surface area (Å²) in [6.07, 6.45) is 11.9. The molecule has 1 aliphatic rings. The molecular weight excluding hydrogens is 144 g/mol. The van der Waals surface area contributed by atoms with E-state index in [1.807, 2.05) is 0 Å². The van der Waals surface area contributed by atoms with E-state index in [-0.39, 0.29) is 0 Å². The van der Waals surface area contributed by atoms with Gasteiger partial charge in [0.05, 0.1) is 0 Å². The van der Waals surface area contributed by atoms with Crippen LogP contribution in [-0.4, -0.2) is 0 Å². The molecule has 0 aliphatic heterocycles. The highest BCUT2D eigenvalue weighted by molar-refractivity contribution is 4.70. The summed E-state index contributed by atoms with van der Waals surface area (Å²) < 4.78 is 0. The highest BCUT2D eigenvalue weighted by Gasteiger charge is 2.17. The molecule has 0 heteroatoms. The van der Waals surface area contributed by atoms with Gasteiger partial charge in [0.1, 0.15) is 0 Å². The first kappa shape index (κ1) is 10.1. The molecule has 0 amide bonds. The fourth-order valence-electron chi connectivity index (χ4n) is 2.61. The van der Waals surface area contributed by atoms with Crippen molar-refractivity contribution in [1.82, 2.24) is 0 Å². The molecule has 0 aromatic heterocycles. The first-order valence-electron chi connectivity index (χ1n) is 5.86. The maximum absolute atomic E-state index is 2.36. The van der Waals surface area contributed by atoms with Crippen LogP contribution in [0.2, 0.25) is 0 Å². The third-order valence-corrected chi connectivity index (χ3v) is 3.42. The molecule has 2 atom stereocenters. The monoisotopic (exact) mass is 168 g/mol. The average molecular weight is 168 g/mol. The molecule has 0 spiro atoms. The van der Waals surface area contributed by atoms with E-state index >= 15 is 0 Å². The maximum Gasteiger partial charge on any atom is -0.0412 e. The third kappa shape index (κ3) is 3.16. The molecule has 0 N–H and O–H groups in total. The van der Waals surface area contributed by atoms with E-state index in [4.69, 9.17) is 0 Å². The smallest absolute Gasteiger partial charge is 0.0412 e. The Labute approximate surface area is 77.7 Å². The van der Waals surface area contributed by atoms with E-state index in [9.17, 15) is 0 Å². The van der Waals surface area contributed by atoms with Crippen molar-refractivity contribution in [2.24, 2.45) is 11.8 Å². The van der Waals surface area contributed by atoms with Gasteiger partial charge in [-0.25, -0.2) is 0 Å². The second-order valence-electron chi connectivity index (χ2n) is 4.45. The predicted octanol–water partition coefficient (Wildman–Crippen LogP) is 4.39. The van der Waals surface area contributed by atoms with E-state index in [1.165, 1.54) is 51.4 Å². The standard InChI is InChI=1S/C12H24/c1-3-7-12-9-6-5-8-11(4-2)10-12/h11-12H,3-10H2,1-2H3. The van der Waals surface area contributed by atoms with Crippen molar-refractivity contribution in [3.8, 4) is 0 Å². The van der Waals surface area contributed by atoms with Gasteiger partial charge in [0, 0.05) is 0 Å². The van der Waals surface area contributed by atoms with Gasteiger partial charge in [-0.3, -0.25) is 0 Å². The second-order valence-corrected chi connectivity index (χ2v) is 4.45. The molecule has 1 aliphatic carbocycles. The average Bonchev–Trinajstić information content (AvgIpc) is 2.30. The summed E-state index contributed by atoms with van der Waals surface area (Å²) in [6, 6.07) is 0. The second kappa shape index (κ2) is 5.61. The van der Waals surface area contributed by atoms with Crippen LogP contribution in [0, 0.1) is 11.8 Å². The fourth-order valence-corrected chi connectivity index (χ4v) is 2.61. The van der Waals surface area contributed by atoms with Crippen molar-refractivity contribution in [2.75, 3.05) is 0 Å². The lowest BCUT2D eigenvalue weighted by atomic mass is 9.89. The van der Waals surface area contributed by atoms with Gasteiger partial charge in [-0.1, -0.05) is 58.8 Å². The van der Waals surface area contributed by atoms with Crippen molar-refractivity contribution in [1.29, 1.82) is 0 Å². The zero-order valence-electron chi connectivity index (χ0n) is 8.81. The molecule has 1 rings (SSSR count). The molecule has 0 aromatic rings. The van der Waals surface area contributed by atoms with Crippen molar-refractivity contribution in [3.63, 3.8) is 0 Å². The molecule has 1 fully saturated rings. The number of hydrogen-bond donors (Lipinski definition) is 0. The SMILES string of the molecule is CCCC1CCCCC(CC)C1. The molecule has 0 aromatic carbocycles. The summed E-state index contributed by atoms with van der Waals surface area (Å²) in [6.45, 7) is 4.69. The Balaban J connectivity index is 2.31. The van der Waals surface area contributed by atoms with Gasteiger partial charge in [-0.05, 0) is 18.3 Å². The normalized spacial score (nSPS) is 31.5. The van der Waals surface area contributed by atoms with Crippen LogP contribution in [0.15, 0.2) is 0 Å². The van der Waals surface area contributed by atoms with E-state index in [1.54, 1.807) is 0 Å². The van der Waals surface area contributed by atoms with Gasteiger partial charge in [0.2, 0.25) is 0 Å². The van der Waals surface area contributed by atoms with Gasteiger partial charge in [-0.15, -0.1) is 0 Å². The predicted molar refractivity (Wildman–Crippen MR) is 55.3 cm³/mol. The van der Waals surface area contributed by atoms with Crippen LogP contribution in [0.25, 0.3) is 0 Å². The molecule has 1 saturated carbocycles. The Morgan fingerprint density at radius 3 is 2.25 bits per heavy atom. The summed E-state index contributed by atoms with van der Waals surface area (Å²) >= 11 is 0. The molecule has 0 bridgehead atoms. The van der Waals surface area contributed by atoms with Crippen LogP contribution in [0.1, 0.15) is 65.2 Å². The van der Waals surface area contributed by atoms with Crippen molar-refractivity contribution < 1.29 is 0 Å². The first-order chi connectivity index (χ1) is 5.86. The van der Waals surface area contributed by atoms with Gasteiger partial charge in [0.15, 0.2) is 0 Å². The van der Waals surface area contributed by atoms with Crippen LogP contribution >= 0.6 is 0 Å². The topological polar surface area (TPSA) is 0 Å². The van der Waals surface area contributed by atoms with Gasteiger partial charge >= 0.3 is 0 Å². The summed E-state index contributed by atoms with van der Waals surface area (Å²) in [4.78, 5) is 0. The van der Waals surface area contributed by atoms with Gasteiger partial charge in [0.25, 0.3) is 0 Å². The van der Waals surface area contributed by atoms with E-state index in [0.29, 0.717) is 0 Å². The lowest BCUT2D eigenvalue weighted by Gasteiger charge is -2.17. The number of hydrogen-bond acceptors (Lipinski definition) is 0. The van der Waals surface area contributed by atoms with Crippen LogP contribution in [0.3, 0.4) is 0 Å². The summed E-state index contributed by atoms with van der Waals surface area (Å²) in [5.74, 6) is 2.13. The minimum absolute atomic E-state index is 1.06. The Bertz CT molecular complexity index is 107. The van der Waals surface area contributed by atoms with E-state index in [0.717, 1.165) is 11.8 Å². The lowest BCUT2D eigenvalue weighted by Crippen LogP contribution is -2.04. The van der Waals surface area contributed by atoms with Crippen molar-refractivity contribution in [3.05, 3.63) is 0 Å². The van der Waals surface area contributed by atoms with Crippen LogP contribution in [0.4, 0.5) is 0 Å². The Hall–Kier alpha value is 0. The molecule has 2 unspecified atom stereocenters. The molecule has 0 nitrogen and oxygen atoms in total. The maximum atomic E-state index is 2.36. The largest absolute Gasteiger partial charge is 0.0654 e. The minimum atomic E-state index is 1.06.